The highest BCUT2D eigenvalue weighted by atomic mass is 16.5. The Morgan fingerprint density at radius 1 is 1.16 bits per heavy atom. The lowest BCUT2D eigenvalue weighted by molar-refractivity contribution is -0.115. The third kappa shape index (κ3) is 4.00. The number of nitrogens with one attached hydrogen (secondary N) is 1. The first kappa shape index (κ1) is 16.6. The minimum absolute atomic E-state index is 0.150. The van der Waals surface area contributed by atoms with Gasteiger partial charge in [0.2, 0.25) is 5.91 Å². The fourth-order valence-corrected chi connectivity index (χ4v) is 2.51. The van der Waals surface area contributed by atoms with Crippen molar-refractivity contribution in [2.45, 2.75) is 20.3 Å². The largest absolute Gasteiger partial charge is 0.497 e. The molecule has 7 heteroatoms. The molecule has 0 saturated heterocycles. The molecule has 7 nitrogen and oxygen atoms in total. The molecule has 0 atom stereocenters. The molecule has 3 aromatic rings. The van der Waals surface area contributed by atoms with Crippen molar-refractivity contribution in [1.82, 2.24) is 19.7 Å². The molecule has 25 heavy (non-hydrogen) atoms. The van der Waals surface area contributed by atoms with Gasteiger partial charge in [-0.2, -0.15) is 5.10 Å². The van der Waals surface area contributed by atoms with Crippen LogP contribution < -0.4 is 10.1 Å². The van der Waals surface area contributed by atoms with Crippen LogP contribution in [0.2, 0.25) is 0 Å². The normalized spacial score (nSPS) is 10.5. The minimum atomic E-state index is -0.150. The van der Waals surface area contributed by atoms with Gasteiger partial charge in [-0.3, -0.25) is 4.79 Å². The second-order valence-corrected chi connectivity index (χ2v) is 5.67. The molecule has 1 amide bonds. The van der Waals surface area contributed by atoms with Crippen LogP contribution in [0.1, 0.15) is 17.0 Å². The average Bonchev–Trinajstić information content (AvgIpc) is 2.94. The zero-order chi connectivity index (χ0) is 17.8. The van der Waals surface area contributed by atoms with Gasteiger partial charge in [0.25, 0.3) is 0 Å². The summed E-state index contributed by atoms with van der Waals surface area (Å²) in [6.45, 7) is 3.87. The molecular weight excluding hydrogens is 318 g/mol. The first-order chi connectivity index (χ1) is 12.0. The maximum atomic E-state index is 12.2. The number of benzene rings is 1. The third-order valence-corrected chi connectivity index (χ3v) is 3.67. The molecule has 0 aliphatic heterocycles. The van der Waals surface area contributed by atoms with Gasteiger partial charge in [0.05, 0.1) is 19.2 Å². The molecule has 1 aromatic carbocycles. The van der Waals surface area contributed by atoms with Crippen molar-refractivity contribution >= 4 is 11.7 Å². The second-order valence-electron chi connectivity index (χ2n) is 5.67. The summed E-state index contributed by atoms with van der Waals surface area (Å²) < 4.78 is 6.83. The van der Waals surface area contributed by atoms with Crippen LogP contribution in [0.25, 0.3) is 5.82 Å². The molecule has 2 heterocycles. The summed E-state index contributed by atoms with van der Waals surface area (Å²) in [4.78, 5) is 20.6. The molecule has 0 unspecified atom stereocenters. The van der Waals surface area contributed by atoms with Crippen molar-refractivity contribution in [3.05, 3.63) is 59.7 Å². The smallest absolute Gasteiger partial charge is 0.229 e. The van der Waals surface area contributed by atoms with Crippen molar-refractivity contribution in [1.29, 1.82) is 0 Å². The SMILES string of the molecule is COc1ccc(CC(=O)Nc2cc(-n3nc(C)cc3C)ncn2)cc1. The molecule has 0 fully saturated rings. The van der Waals surface area contributed by atoms with Gasteiger partial charge in [0, 0.05) is 11.8 Å². The highest BCUT2D eigenvalue weighted by molar-refractivity contribution is 5.91. The van der Waals surface area contributed by atoms with E-state index in [1.54, 1.807) is 17.9 Å². The number of aryl methyl sites for hydroxylation is 2. The third-order valence-electron chi connectivity index (χ3n) is 3.67. The summed E-state index contributed by atoms with van der Waals surface area (Å²) in [6.07, 6.45) is 1.66. The zero-order valence-corrected chi connectivity index (χ0v) is 14.4. The Balaban J connectivity index is 1.71. The van der Waals surface area contributed by atoms with E-state index >= 15 is 0 Å². The fraction of sp³-hybridized carbons (Fsp3) is 0.222. The Kier molecular flexibility index (Phi) is 4.74. The number of rotatable bonds is 5. The summed E-state index contributed by atoms with van der Waals surface area (Å²) in [5, 5.41) is 7.18. The standard InChI is InChI=1S/C18H19N5O2/c1-12-8-13(2)23(22-12)17-10-16(19-11-20-17)21-18(24)9-14-4-6-15(25-3)7-5-14/h4-8,10-11H,9H2,1-3H3,(H,19,20,21,24). The quantitative estimate of drug-likeness (QED) is 0.773. The number of anilines is 1. The number of ether oxygens (including phenoxy) is 1. The molecule has 2 aromatic heterocycles. The molecule has 1 N–H and O–H groups in total. The molecule has 0 radical (unpaired) electrons. The fourth-order valence-electron chi connectivity index (χ4n) is 2.51. The van der Waals surface area contributed by atoms with E-state index in [-0.39, 0.29) is 12.3 Å². The van der Waals surface area contributed by atoms with E-state index in [9.17, 15) is 4.79 Å². The van der Waals surface area contributed by atoms with Gasteiger partial charge in [-0.05, 0) is 37.6 Å². The molecule has 0 bridgehead atoms. The number of hydrogen-bond acceptors (Lipinski definition) is 5. The molecular formula is C18H19N5O2. The summed E-state index contributed by atoms with van der Waals surface area (Å²) in [5.74, 6) is 1.66. The van der Waals surface area contributed by atoms with E-state index in [1.165, 1.54) is 6.33 Å². The molecule has 0 aliphatic carbocycles. The predicted octanol–water partition coefficient (Wildman–Crippen LogP) is 2.47. The lowest BCUT2D eigenvalue weighted by Crippen LogP contribution is -2.16. The summed E-state index contributed by atoms with van der Waals surface area (Å²) in [7, 11) is 1.61. The van der Waals surface area contributed by atoms with Crippen LogP contribution in [0.3, 0.4) is 0 Å². The van der Waals surface area contributed by atoms with Crippen LogP contribution in [-0.4, -0.2) is 32.8 Å². The summed E-state index contributed by atoms with van der Waals surface area (Å²) >= 11 is 0. The topological polar surface area (TPSA) is 81.9 Å². The lowest BCUT2D eigenvalue weighted by atomic mass is 10.1. The van der Waals surface area contributed by atoms with Crippen LogP contribution in [0, 0.1) is 13.8 Å². The Hall–Kier alpha value is -3.22. The molecule has 3 rings (SSSR count). The highest BCUT2D eigenvalue weighted by Crippen LogP contribution is 2.14. The van der Waals surface area contributed by atoms with E-state index in [0.29, 0.717) is 11.6 Å². The van der Waals surface area contributed by atoms with Crippen molar-refractivity contribution in [3.63, 3.8) is 0 Å². The van der Waals surface area contributed by atoms with E-state index < -0.39 is 0 Å². The Morgan fingerprint density at radius 2 is 1.92 bits per heavy atom. The maximum Gasteiger partial charge on any atom is 0.229 e. The zero-order valence-electron chi connectivity index (χ0n) is 14.4. The number of amides is 1. The van der Waals surface area contributed by atoms with Gasteiger partial charge >= 0.3 is 0 Å². The average molecular weight is 337 g/mol. The Morgan fingerprint density at radius 3 is 2.56 bits per heavy atom. The van der Waals surface area contributed by atoms with Crippen LogP contribution in [0.15, 0.2) is 42.7 Å². The van der Waals surface area contributed by atoms with Gasteiger partial charge in [-0.25, -0.2) is 14.6 Å². The van der Waals surface area contributed by atoms with Crippen LogP contribution >= 0.6 is 0 Å². The van der Waals surface area contributed by atoms with Crippen molar-refractivity contribution < 1.29 is 9.53 Å². The monoisotopic (exact) mass is 337 g/mol. The van der Waals surface area contributed by atoms with E-state index in [4.69, 9.17) is 4.74 Å². The van der Waals surface area contributed by atoms with E-state index in [0.717, 1.165) is 22.7 Å². The van der Waals surface area contributed by atoms with Crippen molar-refractivity contribution in [3.8, 4) is 11.6 Å². The first-order valence-corrected chi connectivity index (χ1v) is 7.83. The molecule has 0 saturated carbocycles. The van der Waals surface area contributed by atoms with Crippen molar-refractivity contribution in [2.75, 3.05) is 12.4 Å². The number of aromatic nitrogens is 4. The van der Waals surface area contributed by atoms with E-state index in [2.05, 4.69) is 20.4 Å². The second kappa shape index (κ2) is 7.12. The van der Waals surface area contributed by atoms with Crippen LogP contribution in [-0.2, 0) is 11.2 Å². The summed E-state index contributed by atoms with van der Waals surface area (Å²) in [5.41, 5.74) is 2.76. The van der Waals surface area contributed by atoms with Gasteiger partial charge in [0.15, 0.2) is 5.82 Å². The van der Waals surface area contributed by atoms with Gasteiger partial charge in [-0.1, -0.05) is 12.1 Å². The highest BCUT2D eigenvalue weighted by Gasteiger charge is 2.09. The summed E-state index contributed by atoms with van der Waals surface area (Å²) in [6, 6.07) is 11.0. The van der Waals surface area contributed by atoms with Gasteiger partial charge in [0.1, 0.15) is 17.9 Å². The molecule has 0 spiro atoms. The number of methoxy groups -OCH3 is 1. The lowest BCUT2D eigenvalue weighted by Gasteiger charge is -2.07. The molecule has 0 aliphatic rings. The Bertz CT molecular complexity index is 887. The molecule has 128 valence electrons. The number of carbonyl (C=O) groups is 1. The maximum absolute atomic E-state index is 12.2. The van der Waals surface area contributed by atoms with Crippen molar-refractivity contribution in [2.24, 2.45) is 0 Å². The van der Waals surface area contributed by atoms with Gasteiger partial charge in [-0.15, -0.1) is 0 Å². The van der Waals surface area contributed by atoms with Crippen LogP contribution in [0.5, 0.6) is 5.75 Å². The van der Waals surface area contributed by atoms with Crippen LogP contribution in [0.4, 0.5) is 5.82 Å². The number of hydrogen-bond donors (Lipinski definition) is 1. The Labute approximate surface area is 145 Å². The minimum Gasteiger partial charge on any atom is -0.497 e. The first-order valence-electron chi connectivity index (χ1n) is 7.83. The van der Waals surface area contributed by atoms with E-state index in [1.807, 2.05) is 44.2 Å². The van der Waals surface area contributed by atoms with Gasteiger partial charge < -0.3 is 10.1 Å². The number of nitrogens with zero attached hydrogens (tertiary/aromatic N) is 4. The predicted molar refractivity (Wildman–Crippen MR) is 94.0 cm³/mol. The number of carbonyl (C=O) groups excluding carboxylic acids is 1.